The Morgan fingerprint density at radius 1 is 0.545 bits per heavy atom. The third-order valence-corrected chi connectivity index (χ3v) is 5.57. The zero-order valence-electron chi connectivity index (χ0n) is 16.9. The van der Waals surface area contributed by atoms with Gasteiger partial charge in [0.1, 0.15) is 11.4 Å². The van der Waals surface area contributed by atoms with E-state index in [1.54, 1.807) is 6.07 Å². The molecule has 33 heavy (non-hydrogen) atoms. The van der Waals surface area contributed by atoms with Gasteiger partial charge in [0.15, 0.2) is 0 Å². The second kappa shape index (κ2) is 7.62. The fourth-order valence-electron chi connectivity index (χ4n) is 3.96. The van der Waals surface area contributed by atoms with Crippen LogP contribution in [0.3, 0.4) is 0 Å². The second-order valence-electron chi connectivity index (χ2n) is 7.63. The van der Waals surface area contributed by atoms with Crippen LogP contribution < -0.4 is 0 Å². The van der Waals surface area contributed by atoms with Crippen molar-refractivity contribution in [2.75, 3.05) is 0 Å². The summed E-state index contributed by atoms with van der Waals surface area (Å²) in [5.41, 5.74) is -0.234. The molecule has 0 saturated carbocycles. The average Bonchev–Trinajstić information content (AvgIpc) is 2.82. The van der Waals surface area contributed by atoms with Gasteiger partial charge in [0, 0.05) is 27.5 Å². The molecule has 5 rings (SSSR count). The largest absolute Gasteiger partial charge is 0.458 e. The van der Waals surface area contributed by atoms with Gasteiger partial charge in [0.25, 0.3) is 0 Å². The maximum Gasteiger partial charge on any atom is 0.458 e. The van der Waals surface area contributed by atoms with Crippen molar-refractivity contribution in [1.29, 1.82) is 0 Å². The summed E-state index contributed by atoms with van der Waals surface area (Å²) >= 11 is 0. The van der Waals surface area contributed by atoms with Crippen molar-refractivity contribution in [3.05, 3.63) is 96.6 Å². The van der Waals surface area contributed by atoms with Gasteiger partial charge in [0.2, 0.25) is 0 Å². The van der Waals surface area contributed by atoms with Crippen LogP contribution in [0, 0.1) is 0 Å². The number of rotatable bonds is 3. The molecule has 0 aliphatic heterocycles. The van der Waals surface area contributed by atoms with E-state index < -0.39 is 17.7 Å². The van der Waals surface area contributed by atoms with E-state index in [1.807, 2.05) is 60.7 Å². The van der Waals surface area contributed by atoms with Crippen LogP contribution in [0.25, 0.3) is 44.1 Å². The topological polar surface area (TPSA) is 25.8 Å². The summed E-state index contributed by atoms with van der Waals surface area (Å²) in [6.45, 7) is 0. The Morgan fingerprint density at radius 3 is 1.70 bits per heavy atom. The highest BCUT2D eigenvalue weighted by atomic mass is 19.4. The molecule has 0 aliphatic rings. The van der Waals surface area contributed by atoms with Crippen molar-refractivity contribution in [2.24, 2.45) is 0 Å². The number of benzene rings is 4. The number of halogens is 5. The maximum atomic E-state index is 14.4. The molecule has 0 unspecified atom stereocenters. The Hall–Kier alpha value is -3.87. The lowest BCUT2D eigenvalue weighted by Crippen LogP contribution is -2.34. The molecular formula is C26H15F5N2. The Balaban J connectivity index is 1.86. The summed E-state index contributed by atoms with van der Waals surface area (Å²) in [5.74, 6) is -5.05. The zero-order chi connectivity index (χ0) is 23.2. The van der Waals surface area contributed by atoms with Crippen LogP contribution in [0.15, 0.2) is 91.0 Å². The van der Waals surface area contributed by atoms with Crippen LogP contribution in [0.2, 0.25) is 0 Å². The lowest BCUT2D eigenvalue weighted by atomic mass is 9.93. The minimum atomic E-state index is -5.75. The molecule has 0 N–H and O–H groups in total. The Labute approximate surface area is 185 Å². The van der Waals surface area contributed by atoms with Crippen LogP contribution >= 0.6 is 0 Å². The predicted octanol–water partition coefficient (Wildman–Crippen LogP) is 7.77. The van der Waals surface area contributed by atoms with Crippen molar-refractivity contribution >= 4 is 21.5 Å². The average molecular weight is 450 g/mol. The number of alkyl halides is 5. The van der Waals surface area contributed by atoms with Crippen molar-refractivity contribution in [2.45, 2.75) is 12.1 Å². The Bertz CT molecular complexity index is 1480. The van der Waals surface area contributed by atoms with Gasteiger partial charge in [-0.3, -0.25) is 0 Å². The molecule has 0 spiro atoms. The molecule has 0 aliphatic carbocycles. The highest BCUT2D eigenvalue weighted by molar-refractivity contribution is 6.08. The highest BCUT2D eigenvalue weighted by Crippen LogP contribution is 2.48. The molecule has 4 aromatic carbocycles. The van der Waals surface area contributed by atoms with Gasteiger partial charge in [-0.05, 0) is 22.9 Å². The Kier molecular flexibility index (Phi) is 4.85. The van der Waals surface area contributed by atoms with Crippen LogP contribution in [0.5, 0.6) is 0 Å². The van der Waals surface area contributed by atoms with Crippen LogP contribution in [0.1, 0.15) is 5.56 Å². The number of hydrogen-bond acceptors (Lipinski definition) is 2. The Morgan fingerprint density at radius 2 is 1.06 bits per heavy atom. The first kappa shape index (κ1) is 21.0. The predicted molar refractivity (Wildman–Crippen MR) is 118 cm³/mol. The van der Waals surface area contributed by atoms with Gasteiger partial charge < -0.3 is 0 Å². The summed E-state index contributed by atoms with van der Waals surface area (Å²) in [6, 6.07) is 24.8. The first-order chi connectivity index (χ1) is 15.8. The maximum absolute atomic E-state index is 14.4. The fourth-order valence-corrected chi connectivity index (χ4v) is 3.96. The third-order valence-electron chi connectivity index (χ3n) is 5.57. The monoisotopic (exact) mass is 450 g/mol. The number of nitrogens with zero attached hydrogens (tertiary/aromatic N) is 2. The van der Waals surface area contributed by atoms with E-state index in [4.69, 9.17) is 0 Å². The van der Waals surface area contributed by atoms with E-state index in [9.17, 15) is 22.0 Å². The lowest BCUT2D eigenvalue weighted by molar-refractivity contribution is -0.289. The van der Waals surface area contributed by atoms with E-state index in [1.165, 1.54) is 12.1 Å². The summed E-state index contributed by atoms with van der Waals surface area (Å²) in [4.78, 5) is 0. The molecular weight excluding hydrogens is 435 g/mol. The van der Waals surface area contributed by atoms with Crippen molar-refractivity contribution in [3.8, 4) is 22.5 Å². The van der Waals surface area contributed by atoms with Gasteiger partial charge in [-0.25, -0.2) is 0 Å². The molecule has 1 heterocycles. The molecule has 164 valence electrons. The van der Waals surface area contributed by atoms with Crippen molar-refractivity contribution in [1.82, 2.24) is 10.2 Å². The molecule has 0 radical (unpaired) electrons. The van der Waals surface area contributed by atoms with E-state index in [0.717, 1.165) is 28.5 Å². The SMILES string of the molecule is FC(F)(F)C(F)(F)c1ccccc1-c1nnc(-c2ccccc2)c2cc3ccccc3cc12. The molecule has 2 nitrogen and oxygen atoms in total. The molecule has 5 aromatic rings. The fraction of sp³-hybridized carbons (Fsp3) is 0.0769. The standard InChI is InChI=1S/C26H15F5N2/c27-25(28,26(29,30)31)22-13-7-6-12-19(22)24-21-15-18-11-5-4-10-17(18)14-20(21)23(32-33-24)16-8-2-1-3-9-16/h1-15H. The first-order valence-electron chi connectivity index (χ1n) is 10.1. The molecule has 0 fully saturated rings. The van der Waals surface area contributed by atoms with Gasteiger partial charge in [-0.1, -0.05) is 78.9 Å². The smallest absolute Gasteiger partial charge is 0.191 e. The van der Waals surface area contributed by atoms with Crippen LogP contribution in [-0.2, 0) is 5.92 Å². The second-order valence-corrected chi connectivity index (χ2v) is 7.63. The minimum absolute atomic E-state index is 0.0324. The summed E-state index contributed by atoms with van der Waals surface area (Å²) in [7, 11) is 0. The van der Waals surface area contributed by atoms with Gasteiger partial charge >= 0.3 is 12.1 Å². The molecule has 0 amide bonds. The highest BCUT2D eigenvalue weighted by Gasteiger charge is 2.59. The minimum Gasteiger partial charge on any atom is -0.191 e. The third kappa shape index (κ3) is 3.50. The van der Waals surface area contributed by atoms with E-state index in [2.05, 4.69) is 10.2 Å². The molecule has 0 atom stereocenters. The van der Waals surface area contributed by atoms with E-state index >= 15 is 0 Å². The summed E-state index contributed by atoms with van der Waals surface area (Å²) in [6.07, 6.45) is -5.75. The lowest BCUT2D eigenvalue weighted by Gasteiger charge is -2.22. The zero-order valence-corrected chi connectivity index (χ0v) is 16.9. The van der Waals surface area contributed by atoms with Gasteiger partial charge in [0.05, 0.1) is 0 Å². The summed E-state index contributed by atoms with van der Waals surface area (Å²) in [5, 5.41) is 11.2. The summed E-state index contributed by atoms with van der Waals surface area (Å²) < 4.78 is 68.6. The normalized spacial score (nSPS) is 12.4. The van der Waals surface area contributed by atoms with Crippen molar-refractivity contribution < 1.29 is 22.0 Å². The first-order valence-corrected chi connectivity index (χ1v) is 10.1. The quantitative estimate of drug-likeness (QED) is 0.207. The van der Waals surface area contributed by atoms with Crippen molar-refractivity contribution in [3.63, 3.8) is 0 Å². The number of hydrogen-bond donors (Lipinski definition) is 0. The molecule has 7 heteroatoms. The number of fused-ring (bicyclic) bond motifs is 2. The van der Waals surface area contributed by atoms with Crippen LogP contribution in [-0.4, -0.2) is 16.4 Å². The molecule has 0 saturated heterocycles. The number of aromatic nitrogens is 2. The van der Waals surface area contributed by atoms with E-state index in [-0.39, 0.29) is 11.3 Å². The van der Waals surface area contributed by atoms with Gasteiger partial charge in [-0.15, -0.1) is 10.2 Å². The molecule has 1 aromatic heterocycles. The molecule has 0 bridgehead atoms. The van der Waals surface area contributed by atoms with E-state index in [0.29, 0.717) is 16.5 Å². The van der Waals surface area contributed by atoms with Gasteiger partial charge in [-0.2, -0.15) is 22.0 Å². The van der Waals surface area contributed by atoms with Crippen LogP contribution in [0.4, 0.5) is 22.0 Å².